The van der Waals surface area contributed by atoms with Crippen LogP contribution >= 0.6 is 0 Å². The van der Waals surface area contributed by atoms with E-state index in [1.54, 1.807) is 0 Å². The molecule has 4 aromatic rings. The molecule has 830 valence electrons. The van der Waals surface area contributed by atoms with E-state index in [1.165, 1.54) is 0 Å². The number of rotatable bonds is 44. The van der Waals surface area contributed by atoms with Crippen LogP contribution in [-0.4, -0.2) is 374 Å². The smallest absolute Gasteiger partial charge is 0.232 e. The highest BCUT2D eigenvalue weighted by molar-refractivity contribution is 5.49. The molecule has 8 aliphatic rings. The van der Waals surface area contributed by atoms with Gasteiger partial charge in [-0.2, -0.15) is 59.8 Å². The zero-order valence-corrected chi connectivity index (χ0v) is 100. The summed E-state index contributed by atoms with van der Waals surface area (Å²) in [6.07, 6.45) is 23.1. The number of hydrogen-bond acceptors (Lipinski definition) is 34. The highest BCUT2D eigenvalue weighted by Gasteiger charge is 2.53. The Hall–Kier alpha value is -6.76. The van der Waals surface area contributed by atoms with E-state index in [0.29, 0.717) is 91.6 Å². The van der Waals surface area contributed by atoms with Gasteiger partial charge in [-0.05, 0) is 465 Å². The maximum atomic E-state index is 5.48. The van der Waals surface area contributed by atoms with Gasteiger partial charge in [0.15, 0.2) is 0 Å². The minimum absolute atomic E-state index is 0.0278. The van der Waals surface area contributed by atoms with Gasteiger partial charge in [-0.25, -0.2) is 0 Å². The summed E-state index contributed by atoms with van der Waals surface area (Å²) in [5, 5.41) is 42.5. The summed E-state index contributed by atoms with van der Waals surface area (Å²) in [5.41, 5.74) is -0.458. The van der Waals surface area contributed by atoms with Crippen molar-refractivity contribution in [2.75, 3.05) is 192 Å². The van der Waals surface area contributed by atoms with Crippen LogP contribution in [0.1, 0.15) is 383 Å². The zero-order chi connectivity index (χ0) is 108. The molecule has 0 unspecified atom stereocenters. The van der Waals surface area contributed by atoms with Crippen LogP contribution in [0.2, 0.25) is 0 Å². The molecular weight excluding hydrogens is 1820 g/mol. The highest BCUT2D eigenvalue weighted by atomic mass is 15.4. The van der Waals surface area contributed by atoms with Crippen LogP contribution in [0.25, 0.3) is 0 Å². The van der Waals surface area contributed by atoms with E-state index in [4.69, 9.17) is 59.8 Å². The minimum atomic E-state index is -0.0317. The van der Waals surface area contributed by atoms with E-state index in [2.05, 4.69) is 397 Å². The number of anilines is 12. The lowest BCUT2D eigenvalue weighted by atomic mass is 9.77. The lowest BCUT2D eigenvalue weighted by Gasteiger charge is -2.55. The Morgan fingerprint density at radius 3 is 0.534 bits per heavy atom. The molecule has 12 heterocycles. The van der Waals surface area contributed by atoms with E-state index >= 15 is 0 Å². The van der Waals surface area contributed by atoms with Crippen molar-refractivity contribution < 1.29 is 0 Å². The molecule has 8 aliphatic heterocycles. The van der Waals surface area contributed by atoms with Crippen LogP contribution < -0.4 is 63.4 Å². The Bertz CT molecular complexity index is 4400. The number of unbranched alkanes of at least 4 members (excludes halogenated alkanes) is 2. The third kappa shape index (κ3) is 29.8. The molecule has 0 amide bonds. The molecule has 11 N–H and O–H groups in total. The van der Waals surface area contributed by atoms with Gasteiger partial charge in [0.25, 0.3) is 0 Å². The van der Waals surface area contributed by atoms with Crippen molar-refractivity contribution in [3.63, 3.8) is 0 Å². The van der Waals surface area contributed by atoms with Crippen molar-refractivity contribution in [3.8, 4) is 0 Å². The fraction of sp³-hybridized carbons (Fsp3) is 0.893. The summed E-state index contributed by atoms with van der Waals surface area (Å²) in [5.74, 6) is 7.44. The fourth-order valence-electron chi connectivity index (χ4n) is 27.6. The molecule has 8 fully saturated rings. The molecule has 12 rings (SSSR count). The fourth-order valence-corrected chi connectivity index (χ4v) is 27.6. The van der Waals surface area contributed by atoms with Gasteiger partial charge in [-0.1, -0.05) is 13.3 Å². The summed E-state index contributed by atoms with van der Waals surface area (Å²) < 4.78 is 0. The van der Waals surface area contributed by atoms with Gasteiger partial charge >= 0.3 is 0 Å². The van der Waals surface area contributed by atoms with E-state index in [1.807, 2.05) is 0 Å². The first-order chi connectivity index (χ1) is 67.3. The Morgan fingerprint density at radius 2 is 0.349 bits per heavy atom. The maximum absolute atomic E-state index is 5.48. The predicted octanol–water partition coefficient (Wildman–Crippen LogP) is 18.8. The molecule has 34 heteroatoms. The van der Waals surface area contributed by atoms with Gasteiger partial charge in [0.05, 0.1) is 0 Å². The number of nitrogens with one attached hydrogen (secondary N) is 11. The standard InChI is InChI=1S/C112H212N34/c1-42-43-60-146(84-75-111(30,31)143(41)112(32,33)76-84)96-134-88(130-95(135-96)123-83-73-109(26,27)142(40)110(28,29)74-83)116-53-49-59-145(58-48-52-115-87-128-93(121-81-69-105(18,19)140(38)106(20,21)70-81)133-94(129-87)122-82-71-107(22,23)141(39)108(24,25)72-82)55-45-44-54-144(56-46-50-113-85-124-89(117-77-61-97(2,3)136(34)98(4,5)62-77)131-90(125-85)118-78-63-99(6,7)137(35)100(8,9)64-78)57-47-51-114-86-126-91(119-79-65-101(10,11)138(36)102(12,13)66-79)132-92(127-86)120-80-67-103(14,15)139(37)104(16,17)68-80/h77-84H,42-76H2,1-41H3,(H2,116,123,130,134,135)(H3,113,117,118,124,125,131)(H3,114,119,120,126,127,132)(H3,115,121,122,128,129,133). The van der Waals surface area contributed by atoms with E-state index in [9.17, 15) is 0 Å². The summed E-state index contributed by atoms with van der Waals surface area (Å²) in [7, 11) is 18.2. The molecule has 0 bridgehead atoms. The first-order valence-electron chi connectivity index (χ1n) is 56.8. The van der Waals surface area contributed by atoms with Gasteiger partial charge in [0, 0.05) is 170 Å². The monoisotopic (exact) mass is 2030 g/mol. The number of hydrogen-bond donors (Lipinski definition) is 11. The molecule has 0 radical (unpaired) electrons. The highest BCUT2D eigenvalue weighted by Crippen LogP contribution is 2.48. The van der Waals surface area contributed by atoms with Gasteiger partial charge in [0.2, 0.25) is 71.4 Å². The Kier molecular flexibility index (Phi) is 36.4. The molecule has 0 saturated carbocycles. The second-order valence-electron chi connectivity index (χ2n) is 56.5. The molecule has 0 atom stereocenters. The second-order valence-corrected chi connectivity index (χ2v) is 56.5. The van der Waals surface area contributed by atoms with Crippen LogP contribution in [0.3, 0.4) is 0 Å². The summed E-state index contributed by atoms with van der Waals surface area (Å²) in [6.45, 7) is 86.9. The maximum Gasteiger partial charge on any atom is 0.232 e. The molecule has 0 spiro atoms. The largest absolute Gasteiger partial charge is 0.354 e. The molecular formula is C112H212N34. The molecule has 0 aromatic carbocycles. The summed E-state index contributed by atoms with van der Waals surface area (Å²) >= 11 is 0. The first kappa shape index (κ1) is 118. The summed E-state index contributed by atoms with van der Waals surface area (Å²) in [4.78, 5) is 91.5. The van der Waals surface area contributed by atoms with Crippen molar-refractivity contribution in [2.24, 2.45) is 0 Å². The van der Waals surface area contributed by atoms with E-state index in [0.717, 1.165) is 206 Å². The number of nitrogens with zero attached hydrogens (tertiary/aromatic N) is 23. The minimum Gasteiger partial charge on any atom is -0.354 e. The van der Waals surface area contributed by atoms with Crippen LogP contribution in [0.15, 0.2) is 0 Å². The SMILES string of the molecule is CCCCN(c1nc(NCCCN(CCCCN(CCCNc2nc(NC3CC(C)(C)N(C)C(C)(C)C3)nc(NC3CC(C)(C)N(C)C(C)(C)C3)n2)CCCNc2nc(NC3CC(C)(C)N(C)C(C)(C)C3)nc(NC3CC(C)(C)N(C)C(C)(C)C3)n2)CCCNc2nc(NC3CC(C)(C)N(C)C(C)(C)C3)nc(NC3CC(C)(C)N(C)C(C)(C)C3)n2)nc(NC2CC(C)(C)N(C)C(C)(C)C2)n1)C1CC(C)(C)N(C)C(C)(C)C1. The lowest BCUT2D eigenvalue weighted by Crippen LogP contribution is -2.63. The summed E-state index contributed by atoms with van der Waals surface area (Å²) in [6, 6.07) is 1.44. The Morgan fingerprint density at radius 1 is 0.199 bits per heavy atom. The van der Waals surface area contributed by atoms with Crippen molar-refractivity contribution in [1.82, 2.24) is 109 Å². The average molecular weight is 2040 g/mol. The van der Waals surface area contributed by atoms with E-state index in [-0.39, 0.29) is 137 Å². The van der Waals surface area contributed by atoms with Crippen LogP contribution in [0.5, 0.6) is 0 Å². The average Bonchev–Trinajstić information content (AvgIpc) is 0.749. The van der Waals surface area contributed by atoms with Crippen molar-refractivity contribution in [2.45, 2.75) is 520 Å². The molecule has 34 nitrogen and oxygen atoms in total. The van der Waals surface area contributed by atoms with Crippen molar-refractivity contribution in [3.05, 3.63) is 0 Å². The van der Waals surface area contributed by atoms with Crippen LogP contribution in [0.4, 0.5) is 71.4 Å². The third-order valence-electron chi connectivity index (χ3n) is 37.7. The first-order valence-corrected chi connectivity index (χ1v) is 56.8. The predicted molar refractivity (Wildman–Crippen MR) is 613 cm³/mol. The zero-order valence-electron chi connectivity index (χ0n) is 100. The van der Waals surface area contributed by atoms with Crippen LogP contribution in [-0.2, 0) is 0 Å². The van der Waals surface area contributed by atoms with Gasteiger partial charge in [-0.15, -0.1) is 0 Å². The van der Waals surface area contributed by atoms with Gasteiger partial charge in [-0.3, -0.25) is 39.2 Å². The number of likely N-dealkylation sites (tertiary alicyclic amines) is 8. The van der Waals surface area contributed by atoms with Crippen molar-refractivity contribution >= 4 is 71.4 Å². The normalized spacial score (nSPS) is 24.7. The van der Waals surface area contributed by atoms with Gasteiger partial charge < -0.3 is 73.2 Å². The second kappa shape index (κ2) is 45.1. The van der Waals surface area contributed by atoms with Crippen molar-refractivity contribution in [1.29, 1.82) is 0 Å². The Balaban J connectivity index is 0.824. The topological polar surface area (TPSA) is 323 Å². The molecule has 8 saturated heterocycles. The van der Waals surface area contributed by atoms with Crippen LogP contribution in [0, 0.1) is 0 Å². The Labute approximate surface area is 886 Å². The molecule has 0 aliphatic carbocycles. The third-order valence-corrected chi connectivity index (χ3v) is 37.7. The van der Waals surface area contributed by atoms with Gasteiger partial charge in [0.1, 0.15) is 0 Å². The lowest BCUT2D eigenvalue weighted by molar-refractivity contribution is -0.0130. The number of piperidine rings is 8. The van der Waals surface area contributed by atoms with E-state index < -0.39 is 0 Å². The quantitative estimate of drug-likeness (QED) is 0.0183. The molecule has 146 heavy (non-hydrogen) atoms. The molecule has 4 aromatic heterocycles. The number of aromatic nitrogens is 12.